The summed E-state index contributed by atoms with van der Waals surface area (Å²) in [6, 6.07) is 6.92. The topological polar surface area (TPSA) is 41.5 Å². The molecule has 1 aromatic carbocycles. The maximum atomic E-state index is 12.4. The normalized spacial score (nSPS) is 18.7. The first-order chi connectivity index (χ1) is 8.55. The van der Waals surface area contributed by atoms with Gasteiger partial charge in [0.15, 0.2) is 0 Å². The minimum absolute atomic E-state index is 0.109. The van der Waals surface area contributed by atoms with Crippen molar-refractivity contribution in [3.63, 3.8) is 0 Å². The summed E-state index contributed by atoms with van der Waals surface area (Å²) in [5.41, 5.74) is -0.202. The molecule has 1 atom stereocenters. The lowest BCUT2D eigenvalue weighted by atomic mass is 9.91. The molecule has 0 heterocycles. The highest BCUT2D eigenvalue weighted by molar-refractivity contribution is 5.39. The van der Waals surface area contributed by atoms with Gasteiger partial charge in [0.25, 0.3) is 0 Å². The van der Waals surface area contributed by atoms with E-state index in [1.165, 1.54) is 6.07 Å². The second-order valence-electron chi connectivity index (χ2n) is 4.78. The fraction of sp³-hybridized carbons (Fsp3) is 0.538. The zero-order valence-corrected chi connectivity index (χ0v) is 10.2. The van der Waals surface area contributed by atoms with Crippen molar-refractivity contribution in [2.45, 2.75) is 38.0 Å². The van der Waals surface area contributed by atoms with Gasteiger partial charge in [-0.15, -0.1) is 0 Å². The summed E-state index contributed by atoms with van der Waals surface area (Å²) in [6.45, 7) is -1.25. The lowest BCUT2D eigenvalue weighted by molar-refractivity contribution is -0.0515. The van der Waals surface area contributed by atoms with Crippen LogP contribution in [0.3, 0.4) is 0 Å². The molecule has 1 saturated carbocycles. The van der Waals surface area contributed by atoms with Crippen molar-refractivity contribution in [1.82, 2.24) is 5.32 Å². The van der Waals surface area contributed by atoms with Crippen LogP contribution in [0.15, 0.2) is 24.3 Å². The van der Waals surface area contributed by atoms with E-state index >= 15 is 0 Å². The summed E-state index contributed by atoms with van der Waals surface area (Å²) in [6.07, 6.45) is 2.10. The largest absolute Gasteiger partial charge is 0.434 e. The van der Waals surface area contributed by atoms with Crippen LogP contribution in [0.25, 0.3) is 0 Å². The highest BCUT2D eigenvalue weighted by atomic mass is 19.3. The molecule has 1 unspecified atom stereocenters. The minimum atomic E-state index is -2.87. The average Bonchev–Trinajstić information content (AvgIpc) is 3.12. The first kappa shape index (κ1) is 13.2. The van der Waals surface area contributed by atoms with Crippen LogP contribution in [0.1, 0.15) is 25.3 Å². The van der Waals surface area contributed by atoms with Crippen molar-refractivity contribution in [1.29, 1.82) is 0 Å². The Bertz CT molecular complexity index is 410. The Labute approximate surface area is 105 Å². The monoisotopic (exact) mass is 257 g/mol. The first-order valence-electron chi connectivity index (χ1n) is 5.98. The maximum absolute atomic E-state index is 12.4. The summed E-state index contributed by atoms with van der Waals surface area (Å²) in [4.78, 5) is 0. The third kappa shape index (κ3) is 2.97. The van der Waals surface area contributed by atoms with E-state index in [1.54, 1.807) is 25.1 Å². The number of hydrogen-bond acceptors (Lipinski definition) is 3. The Kier molecular flexibility index (Phi) is 3.82. The number of hydrogen-bond donors (Lipinski definition) is 2. The fourth-order valence-corrected chi connectivity index (χ4v) is 2.01. The predicted molar refractivity (Wildman–Crippen MR) is 63.7 cm³/mol. The van der Waals surface area contributed by atoms with Crippen LogP contribution < -0.4 is 10.1 Å². The molecule has 2 rings (SSSR count). The summed E-state index contributed by atoms with van der Waals surface area (Å²) >= 11 is 0. The molecule has 1 aliphatic rings. The molecule has 1 aromatic rings. The molecule has 0 saturated heterocycles. The maximum Gasteiger partial charge on any atom is 0.387 e. The lowest BCUT2D eigenvalue weighted by Crippen LogP contribution is -2.44. The Morgan fingerprint density at radius 1 is 1.44 bits per heavy atom. The number of rotatable bonds is 6. The third-order valence-corrected chi connectivity index (χ3v) is 3.11. The second-order valence-corrected chi connectivity index (χ2v) is 4.78. The molecule has 1 fully saturated rings. The van der Waals surface area contributed by atoms with Gasteiger partial charge in [-0.05, 0) is 25.8 Å². The molecular weight excluding hydrogens is 240 g/mol. The second kappa shape index (κ2) is 5.20. The van der Waals surface area contributed by atoms with Crippen LogP contribution in [0.4, 0.5) is 8.78 Å². The van der Waals surface area contributed by atoms with Crippen molar-refractivity contribution in [3.8, 4) is 5.75 Å². The summed E-state index contributed by atoms with van der Waals surface area (Å²) in [5, 5.41) is 12.8. The number of aliphatic hydroxyl groups is 1. The van der Waals surface area contributed by atoms with Crippen LogP contribution in [0, 0.1) is 0 Å². The van der Waals surface area contributed by atoms with Gasteiger partial charge in [0.2, 0.25) is 0 Å². The van der Waals surface area contributed by atoms with Crippen LogP contribution in [-0.2, 0) is 5.54 Å². The quantitative estimate of drug-likeness (QED) is 0.821. The molecule has 0 amide bonds. The molecule has 0 aromatic heterocycles. The molecule has 100 valence electrons. The molecule has 0 spiro atoms. The van der Waals surface area contributed by atoms with Gasteiger partial charge in [0.1, 0.15) is 5.75 Å². The molecule has 0 aliphatic heterocycles. The Morgan fingerprint density at radius 2 is 2.11 bits per heavy atom. The van der Waals surface area contributed by atoms with Crippen LogP contribution >= 0.6 is 0 Å². The molecular formula is C13H17F2NO2. The number of halogens is 2. The first-order valence-corrected chi connectivity index (χ1v) is 5.98. The molecule has 0 radical (unpaired) electrons. The zero-order valence-electron chi connectivity index (χ0n) is 10.2. The van der Waals surface area contributed by atoms with Crippen molar-refractivity contribution in [2.24, 2.45) is 0 Å². The molecule has 1 aliphatic carbocycles. The van der Waals surface area contributed by atoms with Gasteiger partial charge >= 0.3 is 6.61 Å². The van der Waals surface area contributed by atoms with E-state index < -0.39 is 12.2 Å². The van der Waals surface area contributed by atoms with Gasteiger partial charge in [-0.1, -0.05) is 18.2 Å². The number of para-hydroxylation sites is 1. The standard InChI is InChI=1S/C13H17F2NO2/c1-13(8-17,16-9-6-7-9)10-4-2-3-5-11(10)18-12(14)15/h2-5,9,12,16-17H,6-8H2,1H3. The highest BCUT2D eigenvalue weighted by Gasteiger charge is 2.35. The number of ether oxygens (including phenoxy) is 1. The number of benzene rings is 1. The summed E-state index contributed by atoms with van der Waals surface area (Å²) < 4.78 is 29.2. The summed E-state index contributed by atoms with van der Waals surface area (Å²) in [5.74, 6) is 0.109. The third-order valence-electron chi connectivity index (χ3n) is 3.11. The SMILES string of the molecule is CC(CO)(NC1CC1)c1ccccc1OC(F)F. The number of nitrogens with one attached hydrogen (secondary N) is 1. The fourth-order valence-electron chi connectivity index (χ4n) is 2.01. The van der Waals surface area contributed by atoms with E-state index in [4.69, 9.17) is 0 Å². The van der Waals surface area contributed by atoms with Gasteiger partial charge in [0, 0.05) is 11.6 Å². The molecule has 5 heteroatoms. The Balaban J connectivity index is 2.28. The van der Waals surface area contributed by atoms with Gasteiger partial charge in [-0.3, -0.25) is 0 Å². The Morgan fingerprint density at radius 3 is 2.67 bits per heavy atom. The van der Waals surface area contributed by atoms with E-state index in [2.05, 4.69) is 10.1 Å². The molecule has 18 heavy (non-hydrogen) atoms. The van der Waals surface area contributed by atoms with E-state index in [0.29, 0.717) is 11.6 Å². The van der Waals surface area contributed by atoms with E-state index in [-0.39, 0.29) is 12.4 Å². The highest BCUT2D eigenvalue weighted by Crippen LogP contribution is 2.34. The van der Waals surface area contributed by atoms with Crippen molar-refractivity contribution < 1.29 is 18.6 Å². The Hall–Kier alpha value is -1.20. The number of alkyl halides is 2. The van der Waals surface area contributed by atoms with Gasteiger partial charge < -0.3 is 15.2 Å². The lowest BCUT2D eigenvalue weighted by Gasteiger charge is -2.31. The van der Waals surface area contributed by atoms with Gasteiger partial charge in [-0.2, -0.15) is 8.78 Å². The van der Waals surface area contributed by atoms with Crippen LogP contribution in [0.5, 0.6) is 5.75 Å². The predicted octanol–water partition coefficient (Wildman–Crippen LogP) is 2.25. The van der Waals surface area contributed by atoms with Gasteiger partial charge in [0.05, 0.1) is 12.1 Å². The number of aliphatic hydroxyl groups excluding tert-OH is 1. The van der Waals surface area contributed by atoms with E-state index in [9.17, 15) is 13.9 Å². The summed E-state index contributed by atoms with van der Waals surface area (Å²) in [7, 11) is 0. The van der Waals surface area contributed by atoms with E-state index in [0.717, 1.165) is 12.8 Å². The zero-order chi connectivity index (χ0) is 13.2. The molecule has 3 nitrogen and oxygen atoms in total. The van der Waals surface area contributed by atoms with Crippen LogP contribution in [-0.4, -0.2) is 24.4 Å². The van der Waals surface area contributed by atoms with Gasteiger partial charge in [-0.25, -0.2) is 0 Å². The average molecular weight is 257 g/mol. The van der Waals surface area contributed by atoms with E-state index in [1.807, 2.05) is 0 Å². The minimum Gasteiger partial charge on any atom is -0.434 e. The van der Waals surface area contributed by atoms with Crippen LogP contribution in [0.2, 0.25) is 0 Å². The molecule has 2 N–H and O–H groups in total. The van der Waals surface area contributed by atoms with Crippen molar-refractivity contribution in [2.75, 3.05) is 6.61 Å². The smallest absolute Gasteiger partial charge is 0.387 e. The van der Waals surface area contributed by atoms with Crippen molar-refractivity contribution >= 4 is 0 Å². The van der Waals surface area contributed by atoms with Crippen molar-refractivity contribution in [3.05, 3.63) is 29.8 Å². The molecule has 0 bridgehead atoms.